The average Bonchev–Trinajstić information content (AvgIpc) is 2.29. The molecule has 0 amide bonds. The summed E-state index contributed by atoms with van der Waals surface area (Å²) in [6, 6.07) is 1.35. The standard InChI is InChI=1S/C7H4ClFN2S/c1-3-10-6(8)4-2-5(9)12-7(4)11-3/h2H,1H3. The Morgan fingerprint density at radius 3 is 3.00 bits per heavy atom. The molecule has 0 aliphatic rings. The lowest BCUT2D eigenvalue weighted by molar-refractivity contribution is 0.658. The van der Waals surface area contributed by atoms with Gasteiger partial charge in [0.2, 0.25) is 0 Å². The summed E-state index contributed by atoms with van der Waals surface area (Å²) in [5, 5.41) is 0.620. The molecule has 0 aliphatic heterocycles. The predicted octanol–water partition coefficient (Wildman–Crippen LogP) is 2.79. The minimum Gasteiger partial charge on any atom is -0.222 e. The lowest BCUT2D eigenvalue weighted by Gasteiger charge is -1.93. The number of fused-ring (bicyclic) bond motifs is 1. The summed E-state index contributed by atoms with van der Waals surface area (Å²) in [6.45, 7) is 1.73. The molecule has 2 heterocycles. The Labute approximate surface area is 77.0 Å². The predicted molar refractivity (Wildman–Crippen MR) is 47.1 cm³/mol. The number of aryl methyl sites for hydroxylation is 1. The fraction of sp³-hybridized carbons (Fsp3) is 0.143. The molecule has 2 aromatic heterocycles. The van der Waals surface area contributed by atoms with Gasteiger partial charge in [-0.25, -0.2) is 9.97 Å². The zero-order valence-electron chi connectivity index (χ0n) is 6.14. The molecule has 2 nitrogen and oxygen atoms in total. The molecule has 0 saturated carbocycles. The minimum absolute atomic E-state index is 0.285. The Morgan fingerprint density at radius 1 is 1.50 bits per heavy atom. The van der Waals surface area contributed by atoms with Crippen molar-refractivity contribution >= 4 is 33.2 Å². The molecular weight excluding hydrogens is 199 g/mol. The molecule has 12 heavy (non-hydrogen) atoms. The second-order valence-electron chi connectivity index (χ2n) is 2.33. The zero-order chi connectivity index (χ0) is 8.72. The van der Waals surface area contributed by atoms with Crippen molar-refractivity contribution < 1.29 is 4.39 Å². The number of thiophene rings is 1. The van der Waals surface area contributed by atoms with Crippen LogP contribution in [0.2, 0.25) is 5.15 Å². The first-order valence-electron chi connectivity index (χ1n) is 3.26. The minimum atomic E-state index is -0.285. The Hall–Kier alpha value is -0.740. The smallest absolute Gasteiger partial charge is 0.179 e. The molecule has 0 bridgehead atoms. The van der Waals surface area contributed by atoms with Gasteiger partial charge in [0.25, 0.3) is 0 Å². The van der Waals surface area contributed by atoms with E-state index >= 15 is 0 Å². The van der Waals surface area contributed by atoms with E-state index in [0.29, 0.717) is 21.2 Å². The van der Waals surface area contributed by atoms with Crippen LogP contribution >= 0.6 is 22.9 Å². The summed E-state index contributed by atoms with van der Waals surface area (Å²) in [6.07, 6.45) is 0. The van der Waals surface area contributed by atoms with Crippen LogP contribution in [-0.2, 0) is 0 Å². The summed E-state index contributed by atoms with van der Waals surface area (Å²) < 4.78 is 12.7. The van der Waals surface area contributed by atoms with Crippen LogP contribution in [0.25, 0.3) is 10.2 Å². The van der Waals surface area contributed by atoms with Crippen molar-refractivity contribution in [2.75, 3.05) is 0 Å². The Morgan fingerprint density at radius 2 is 2.25 bits per heavy atom. The SMILES string of the molecule is Cc1nc(Cl)c2cc(F)sc2n1. The van der Waals surface area contributed by atoms with Crippen molar-refractivity contribution in [2.24, 2.45) is 0 Å². The van der Waals surface area contributed by atoms with E-state index in [-0.39, 0.29) is 5.13 Å². The van der Waals surface area contributed by atoms with Crippen molar-refractivity contribution in [1.29, 1.82) is 0 Å². The van der Waals surface area contributed by atoms with Crippen LogP contribution in [0.4, 0.5) is 4.39 Å². The third-order valence-electron chi connectivity index (χ3n) is 1.43. The van der Waals surface area contributed by atoms with E-state index in [9.17, 15) is 4.39 Å². The van der Waals surface area contributed by atoms with E-state index < -0.39 is 0 Å². The van der Waals surface area contributed by atoms with Gasteiger partial charge in [-0.05, 0) is 13.0 Å². The van der Waals surface area contributed by atoms with Crippen molar-refractivity contribution in [1.82, 2.24) is 9.97 Å². The van der Waals surface area contributed by atoms with Gasteiger partial charge in [0.05, 0.1) is 5.39 Å². The second kappa shape index (κ2) is 2.64. The molecule has 0 atom stereocenters. The summed E-state index contributed by atoms with van der Waals surface area (Å²) in [5.74, 6) is 0.564. The molecular formula is C7H4ClFN2S. The van der Waals surface area contributed by atoms with Crippen molar-refractivity contribution in [3.05, 3.63) is 22.2 Å². The summed E-state index contributed by atoms with van der Waals surface area (Å²) >= 11 is 6.74. The second-order valence-corrected chi connectivity index (χ2v) is 3.67. The average molecular weight is 203 g/mol. The van der Waals surface area contributed by atoms with Crippen LogP contribution in [0.1, 0.15) is 5.82 Å². The highest BCUT2D eigenvalue weighted by Gasteiger charge is 2.07. The van der Waals surface area contributed by atoms with Crippen LogP contribution in [0.5, 0.6) is 0 Å². The van der Waals surface area contributed by atoms with Gasteiger partial charge in [-0.1, -0.05) is 22.9 Å². The molecule has 0 spiro atoms. The number of rotatable bonds is 0. The molecule has 0 fully saturated rings. The maximum absolute atomic E-state index is 12.7. The fourth-order valence-electron chi connectivity index (χ4n) is 0.957. The Bertz CT molecular complexity index is 440. The molecule has 0 saturated heterocycles. The quantitative estimate of drug-likeness (QED) is 0.614. The maximum atomic E-state index is 12.7. The van der Waals surface area contributed by atoms with Crippen molar-refractivity contribution in [2.45, 2.75) is 6.92 Å². The van der Waals surface area contributed by atoms with Crippen LogP contribution in [0.3, 0.4) is 0 Å². The normalized spacial score (nSPS) is 10.9. The van der Waals surface area contributed by atoms with Gasteiger partial charge in [0, 0.05) is 0 Å². The van der Waals surface area contributed by atoms with Crippen LogP contribution in [-0.4, -0.2) is 9.97 Å². The van der Waals surface area contributed by atoms with E-state index in [1.165, 1.54) is 6.07 Å². The highest BCUT2D eigenvalue weighted by molar-refractivity contribution is 7.17. The van der Waals surface area contributed by atoms with Gasteiger partial charge in [0.1, 0.15) is 15.8 Å². The molecule has 0 aromatic carbocycles. The van der Waals surface area contributed by atoms with Gasteiger partial charge in [-0.15, -0.1) is 0 Å². The first-order chi connectivity index (χ1) is 5.66. The monoisotopic (exact) mass is 202 g/mol. The topological polar surface area (TPSA) is 25.8 Å². The molecule has 0 aliphatic carbocycles. The molecule has 0 radical (unpaired) electrons. The summed E-state index contributed by atoms with van der Waals surface area (Å²) in [5.41, 5.74) is 0. The van der Waals surface area contributed by atoms with E-state index in [2.05, 4.69) is 9.97 Å². The fourth-order valence-corrected chi connectivity index (χ4v) is 2.08. The Kier molecular flexibility index (Phi) is 1.73. The third-order valence-corrected chi connectivity index (χ3v) is 2.53. The number of halogens is 2. The first-order valence-corrected chi connectivity index (χ1v) is 4.45. The number of aromatic nitrogens is 2. The van der Waals surface area contributed by atoms with Gasteiger partial charge < -0.3 is 0 Å². The van der Waals surface area contributed by atoms with Crippen molar-refractivity contribution in [3.8, 4) is 0 Å². The number of hydrogen-bond acceptors (Lipinski definition) is 3. The molecule has 62 valence electrons. The lowest BCUT2D eigenvalue weighted by atomic mass is 10.4. The first kappa shape index (κ1) is 7.89. The van der Waals surface area contributed by atoms with E-state index in [4.69, 9.17) is 11.6 Å². The number of hydrogen-bond donors (Lipinski definition) is 0. The Balaban J connectivity index is 2.88. The van der Waals surface area contributed by atoms with Gasteiger partial charge in [-0.3, -0.25) is 0 Å². The molecule has 5 heteroatoms. The van der Waals surface area contributed by atoms with Crippen molar-refractivity contribution in [3.63, 3.8) is 0 Å². The summed E-state index contributed by atoms with van der Waals surface area (Å²) in [4.78, 5) is 8.55. The maximum Gasteiger partial charge on any atom is 0.179 e. The van der Waals surface area contributed by atoms with Crippen LogP contribution < -0.4 is 0 Å². The zero-order valence-corrected chi connectivity index (χ0v) is 7.71. The van der Waals surface area contributed by atoms with Gasteiger partial charge >= 0.3 is 0 Å². The molecule has 2 rings (SSSR count). The lowest BCUT2D eigenvalue weighted by Crippen LogP contribution is -1.86. The van der Waals surface area contributed by atoms with Gasteiger partial charge in [-0.2, -0.15) is 4.39 Å². The number of nitrogens with zero attached hydrogens (tertiary/aromatic N) is 2. The van der Waals surface area contributed by atoms with E-state index in [0.717, 1.165) is 11.3 Å². The van der Waals surface area contributed by atoms with E-state index in [1.54, 1.807) is 6.92 Å². The highest BCUT2D eigenvalue weighted by atomic mass is 35.5. The molecule has 2 aromatic rings. The molecule has 0 N–H and O–H groups in total. The van der Waals surface area contributed by atoms with Crippen LogP contribution in [0.15, 0.2) is 6.07 Å². The molecule has 0 unspecified atom stereocenters. The largest absolute Gasteiger partial charge is 0.222 e. The highest BCUT2D eigenvalue weighted by Crippen LogP contribution is 2.27. The van der Waals surface area contributed by atoms with Gasteiger partial charge in [0.15, 0.2) is 5.13 Å². The van der Waals surface area contributed by atoms with Crippen LogP contribution in [0, 0.1) is 12.1 Å². The summed E-state index contributed by atoms with van der Waals surface area (Å²) in [7, 11) is 0. The third kappa shape index (κ3) is 1.17. The van der Waals surface area contributed by atoms with E-state index in [1.807, 2.05) is 0 Å².